The largest absolute Gasteiger partial charge is 0.466 e. The molecule has 1 saturated heterocycles. The molecule has 0 aromatic heterocycles. The summed E-state index contributed by atoms with van der Waals surface area (Å²) in [7, 11) is 0. The van der Waals surface area contributed by atoms with Crippen molar-refractivity contribution < 1.29 is 14.3 Å². The van der Waals surface area contributed by atoms with E-state index in [-0.39, 0.29) is 29.3 Å². The lowest BCUT2D eigenvalue weighted by Crippen LogP contribution is -2.59. The Morgan fingerprint density at radius 2 is 1.77 bits per heavy atom. The smallest absolute Gasteiger partial charge is 0.317 e. The molecule has 190 valence electrons. The van der Waals surface area contributed by atoms with Gasteiger partial charge in [0.05, 0.1) is 12.5 Å². The number of hydrogen-bond donors (Lipinski definition) is 1. The number of carbonyl (C=O) groups excluding carboxylic acids is 2. The van der Waals surface area contributed by atoms with E-state index in [0.29, 0.717) is 24.5 Å². The molecule has 1 aromatic carbocycles. The molecule has 4 saturated carbocycles. The SMILES string of the molecule is CCOC(=O)C(C)C1CC2(CCN(C(=O)NC3C4CC5CC(C4)CC3C5)CC2)c2c(Br)cccc21. The highest BCUT2D eigenvalue weighted by atomic mass is 79.9. The first-order valence-electron chi connectivity index (χ1n) is 13.9. The van der Waals surface area contributed by atoms with Gasteiger partial charge in [-0.3, -0.25) is 4.79 Å². The van der Waals surface area contributed by atoms with E-state index >= 15 is 0 Å². The predicted molar refractivity (Wildman–Crippen MR) is 139 cm³/mol. The van der Waals surface area contributed by atoms with E-state index in [0.717, 1.165) is 48.7 Å². The first-order valence-corrected chi connectivity index (χ1v) is 14.7. The zero-order valence-electron chi connectivity index (χ0n) is 21.1. The minimum atomic E-state index is -0.166. The van der Waals surface area contributed by atoms with Gasteiger partial charge in [-0.15, -0.1) is 0 Å². The Morgan fingerprint density at radius 3 is 2.40 bits per heavy atom. The Balaban J connectivity index is 1.15. The molecule has 2 amide bonds. The molecule has 2 atom stereocenters. The van der Waals surface area contributed by atoms with Gasteiger partial charge in [0.1, 0.15) is 0 Å². The van der Waals surface area contributed by atoms with Crippen LogP contribution in [0.2, 0.25) is 0 Å². The molecule has 2 unspecified atom stereocenters. The second kappa shape index (κ2) is 9.08. The molecule has 0 radical (unpaired) electrons. The fraction of sp³-hybridized carbons (Fsp3) is 0.724. The van der Waals surface area contributed by atoms with Crippen LogP contribution in [-0.4, -0.2) is 42.6 Å². The third-order valence-corrected chi connectivity index (χ3v) is 11.0. The van der Waals surface area contributed by atoms with Gasteiger partial charge in [-0.1, -0.05) is 35.0 Å². The first kappa shape index (κ1) is 23.8. The number of rotatable bonds is 4. The molecule has 6 aliphatic rings. The van der Waals surface area contributed by atoms with Crippen molar-refractivity contribution in [3.63, 3.8) is 0 Å². The second-order valence-electron chi connectivity index (χ2n) is 12.2. The average molecular weight is 544 g/mol. The zero-order chi connectivity index (χ0) is 24.3. The normalized spacial score (nSPS) is 35.1. The number of ether oxygens (including phenoxy) is 1. The third-order valence-electron chi connectivity index (χ3n) is 10.4. The summed E-state index contributed by atoms with van der Waals surface area (Å²) in [6, 6.07) is 6.95. The van der Waals surface area contributed by atoms with Crippen LogP contribution in [0.15, 0.2) is 22.7 Å². The minimum absolute atomic E-state index is 0.0141. The first-order chi connectivity index (χ1) is 16.9. The molecule has 4 bridgehead atoms. The van der Waals surface area contributed by atoms with Crippen molar-refractivity contribution in [3.05, 3.63) is 33.8 Å². The van der Waals surface area contributed by atoms with Gasteiger partial charge < -0.3 is 15.0 Å². The summed E-state index contributed by atoms with van der Waals surface area (Å²) in [5, 5.41) is 3.51. The van der Waals surface area contributed by atoms with Crippen LogP contribution in [0.3, 0.4) is 0 Å². The number of halogens is 1. The molecule has 5 fully saturated rings. The lowest BCUT2D eigenvalue weighted by molar-refractivity contribution is -0.148. The maximum atomic E-state index is 13.4. The Labute approximate surface area is 217 Å². The summed E-state index contributed by atoms with van der Waals surface area (Å²) < 4.78 is 6.53. The number of amides is 2. The van der Waals surface area contributed by atoms with Crippen LogP contribution in [0.5, 0.6) is 0 Å². The number of likely N-dealkylation sites (tertiary alicyclic amines) is 1. The number of nitrogens with zero attached hydrogens (tertiary/aromatic N) is 1. The summed E-state index contributed by atoms with van der Waals surface area (Å²) in [6.45, 7) is 5.86. The number of carbonyl (C=O) groups is 2. The van der Waals surface area contributed by atoms with Gasteiger partial charge in [0.25, 0.3) is 0 Å². The molecule has 7 rings (SSSR count). The van der Waals surface area contributed by atoms with E-state index < -0.39 is 0 Å². The molecule has 1 heterocycles. The van der Waals surface area contributed by atoms with Gasteiger partial charge in [-0.2, -0.15) is 0 Å². The Kier molecular flexibility index (Phi) is 6.18. The van der Waals surface area contributed by atoms with Gasteiger partial charge in [0.15, 0.2) is 0 Å². The molecule has 1 aromatic rings. The highest BCUT2D eigenvalue weighted by molar-refractivity contribution is 9.10. The van der Waals surface area contributed by atoms with Gasteiger partial charge >= 0.3 is 12.0 Å². The van der Waals surface area contributed by atoms with Crippen molar-refractivity contribution in [1.82, 2.24) is 10.2 Å². The summed E-state index contributed by atoms with van der Waals surface area (Å²) >= 11 is 3.84. The summed E-state index contributed by atoms with van der Waals surface area (Å²) in [5.41, 5.74) is 2.66. The number of hydrogen-bond acceptors (Lipinski definition) is 3. The van der Waals surface area contributed by atoms with Gasteiger partial charge in [-0.05, 0) is 105 Å². The van der Waals surface area contributed by atoms with Crippen LogP contribution in [-0.2, 0) is 14.9 Å². The number of fused-ring (bicyclic) bond motifs is 2. The van der Waals surface area contributed by atoms with Crippen LogP contribution < -0.4 is 5.32 Å². The summed E-state index contributed by atoms with van der Waals surface area (Å²) in [5.74, 6) is 3.14. The van der Waals surface area contributed by atoms with E-state index in [1.165, 1.54) is 43.2 Å². The van der Waals surface area contributed by atoms with Crippen molar-refractivity contribution in [2.75, 3.05) is 19.7 Å². The Bertz CT molecular complexity index is 974. The number of nitrogens with one attached hydrogen (secondary N) is 1. The van der Waals surface area contributed by atoms with Crippen molar-refractivity contribution in [2.45, 2.75) is 82.6 Å². The third kappa shape index (κ3) is 4.02. The van der Waals surface area contributed by atoms with Crippen LogP contribution in [0, 0.1) is 29.6 Å². The van der Waals surface area contributed by atoms with Crippen LogP contribution in [0.4, 0.5) is 4.79 Å². The summed E-state index contributed by atoms with van der Waals surface area (Å²) in [4.78, 5) is 28.1. The van der Waals surface area contributed by atoms with Crippen molar-refractivity contribution in [2.24, 2.45) is 29.6 Å². The van der Waals surface area contributed by atoms with Gasteiger partial charge in [0, 0.05) is 29.0 Å². The second-order valence-corrected chi connectivity index (χ2v) is 13.1. The molecule has 1 N–H and O–H groups in total. The minimum Gasteiger partial charge on any atom is -0.466 e. The van der Waals surface area contributed by atoms with E-state index in [2.05, 4.69) is 44.3 Å². The molecule has 5 aliphatic carbocycles. The Hall–Kier alpha value is -1.56. The number of benzene rings is 1. The molecule has 1 spiro atoms. The van der Waals surface area contributed by atoms with Crippen molar-refractivity contribution in [1.29, 1.82) is 0 Å². The predicted octanol–water partition coefficient (Wildman–Crippen LogP) is 6.00. The lowest BCUT2D eigenvalue weighted by Gasteiger charge is -2.54. The molecular formula is C29H39BrN2O3. The standard InChI is InChI=1S/C29H39BrN2O3/c1-3-35-27(33)17(2)23-16-29(25-22(23)5-4-6-24(25)30)7-9-32(10-8-29)28(34)31-26-20-12-18-11-19(14-20)15-21(26)13-18/h4-6,17-21,23,26H,3,7-16H2,1-2H3,(H,31,34). The Morgan fingerprint density at radius 1 is 1.11 bits per heavy atom. The molecule has 35 heavy (non-hydrogen) atoms. The van der Waals surface area contributed by atoms with Crippen molar-refractivity contribution in [3.8, 4) is 0 Å². The number of esters is 1. The quantitative estimate of drug-likeness (QED) is 0.474. The summed E-state index contributed by atoms with van der Waals surface area (Å²) in [6.07, 6.45) is 9.59. The highest BCUT2D eigenvalue weighted by Crippen LogP contribution is 2.56. The zero-order valence-corrected chi connectivity index (χ0v) is 22.7. The van der Waals surface area contributed by atoms with Crippen molar-refractivity contribution >= 4 is 27.9 Å². The van der Waals surface area contributed by atoms with Crippen LogP contribution in [0.25, 0.3) is 0 Å². The van der Waals surface area contributed by atoms with E-state index in [4.69, 9.17) is 4.74 Å². The van der Waals surface area contributed by atoms with E-state index in [9.17, 15) is 9.59 Å². The van der Waals surface area contributed by atoms with E-state index in [1.807, 2.05) is 13.8 Å². The lowest BCUT2D eigenvalue weighted by atomic mass is 9.54. The maximum absolute atomic E-state index is 13.4. The van der Waals surface area contributed by atoms with Gasteiger partial charge in [0.2, 0.25) is 0 Å². The number of piperidine rings is 1. The molecule has 1 aliphatic heterocycles. The monoisotopic (exact) mass is 542 g/mol. The molecule has 6 heteroatoms. The van der Waals surface area contributed by atoms with Crippen LogP contribution >= 0.6 is 15.9 Å². The van der Waals surface area contributed by atoms with E-state index in [1.54, 1.807) is 0 Å². The van der Waals surface area contributed by atoms with Gasteiger partial charge in [-0.25, -0.2) is 4.79 Å². The van der Waals surface area contributed by atoms with Crippen LogP contribution in [0.1, 0.15) is 82.3 Å². The molecule has 5 nitrogen and oxygen atoms in total. The number of urea groups is 1. The topological polar surface area (TPSA) is 58.6 Å². The fourth-order valence-corrected chi connectivity index (χ4v) is 9.72. The highest BCUT2D eigenvalue weighted by Gasteiger charge is 2.51. The maximum Gasteiger partial charge on any atom is 0.317 e. The fourth-order valence-electron chi connectivity index (χ4n) is 8.91. The molecular weight excluding hydrogens is 504 g/mol. The average Bonchev–Trinajstić information content (AvgIpc) is 3.16.